The van der Waals surface area contributed by atoms with Gasteiger partial charge >= 0.3 is 0 Å². The molecule has 30 heavy (non-hydrogen) atoms. The minimum atomic E-state index is -3.57. The van der Waals surface area contributed by atoms with Gasteiger partial charge in [-0.15, -0.1) is 0 Å². The third kappa shape index (κ3) is 4.72. The number of fused-ring (bicyclic) bond motifs is 1. The summed E-state index contributed by atoms with van der Waals surface area (Å²) in [6.45, 7) is 2.05. The molecule has 0 radical (unpaired) electrons. The summed E-state index contributed by atoms with van der Waals surface area (Å²) in [5.41, 5.74) is 1.29. The molecule has 4 nitrogen and oxygen atoms in total. The first kappa shape index (κ1) is 21.4. The Labute approximate surface area is 185 Å². The van der Waals surface area contributed by atoms with Crippen LogP contribution in [0.3, 0.4) is 0 Å². The van der Waals surface area contributed by atoms with Crippen LogP contribution in [0.25, 0.3) is 10.8 Å². The van der Waals surface area contributed by atoms with Crippen LogP contribution in [0.2, 0.25) is 0 Å². The van der Waals surface area contributed by atoms with Gasteiger partial charge in [0.15, 0.2) is 0 Å². The quantitative estimate of drug-likeness (QED) is 0.563. The van der Waals surface area contributed by atoms with Crippen molar-refractivity contribution >= 4 is 33.4 Å². The van der Waals surface area contributed by atoms with Crippen LogP contribution in [0, 0.1) is 0 Å². The monoisotopic (exact) mass is 440 g/mol. The predicted molar refractivity (Wildman–Crippen MR) is 127 cm³/mol. The van der Waals surface area contributed by atoms with E-state index in [4.69, 9.17) is 0 Å². The molecule has 1 aliphatic rings. The van der Waals surface area contributed by atoms with Crippen LogP contribution < -0.4 is 0 Å². The lowest BCUT2D eigenvalue weighted by atomic mass is 10.1. The highest BCUT2D eigenvalue weighted by Gasteiger charge is 2.39. The van der Waals surface area contributed by atoms with Gasteiger partial charge in [-0.25, -0.2) is 8.42 Å². The molecule has 0 N–H and O–H groups in total. The number of benzene rings is 3. The summed E-state index contributed by atoms with van der Waals surface area (Å²) >= 11 is 4.62. The smallest absolute Gasteiger partial charge is 0.243 e. The summed E-state index contributed by atoms with van der Waals surface area (Å²) < 4.78 is 28.6. The maximum Gasteiger partial charge on any atom is 0.243 e. The topological polar surface area (TPSA) is 40.6 Å². The van der Waals surface area contributed by atoms with Crippen LogP contribution in [0.1, 0.15) is 12.0 Å². The Kier molecular flexibility index (Phi) is 6.48. The second kappa shape index (κ2) is 9.10. The minimum absolute atomic E-state index is 0.0627. The first-order valence-corrected chi connectivity index (χ1v) is 12.3. The van der Waals surface area contributed by atoms with Crippen LogP contribution in [0.15, 0.2) is 77.7 Å². The van der Waals surface area contributed by atoms with E-state index in [9.17, 15) is 8.42 Å². The molecule has 0 spiro atoms. The van der Waals surface area contributed by atoms with Gasteiger partial charge in [-0.05, 0) is 48.4 Å². The summed E-state index contributed by atoms with van der Waals surface area (Å²) in [6, 6.07) is 23.6. The number of rotatable bonds is 7. The summed E-state index contributed by atoms with van der Waals surface area (Å²) in [6.07, 6.45) is 1.72. The van der Waals surface area contributed by atoms with Gasteiger partial charge in [-0.3, -0.25) is 0 Å². The van der Waals surface area contributed by atoms with Gasteiger partial charge in [0, 0.05) is 30.9 Å². The number of hydrogen-bond acceptors (Lipinski definition) is 4. The van der Waals surface area contributed by atoms with Crippen LogP contribution >= 0.6 is 12.6 Å². The third-order valence-corrected chi connectivity index (χ3v) is 8.11. The zero-order valence-corrected chi connectivity index (χ0v) is 18.9. The standard InChI is InChI=1S/C24H28N2O2S2/c1-25(14-13-19-7-3-2-4-8-19)17-22-16-23(29)18-26(22)30(27,28)24-12-11-20-9-5-6-10-21(20)15-24/h2-12,15,22-23,29H,13-14,16-18H2,1H3/t22-,23+/m0/s1. The minimum Gasteiger partial charge on any atom is -0.304 e. The molecular weight excluding hydrogens is 412 g/mol. The second-order valence-electron chi connectivity index (χ2n) is 8.12. The maximum absolute atomic E-state index is 13.5. The van der Waals surface area contributed by atoms with E-state index in [1.165, 1.54) is 5.56 Å². The Balaban J connectivity index is 1.49. The normalized spacial score (nSPS) is 20.2. The van der Waals surface area contributed by atoms with Crippen LogP contribution in [0.5, 0.6) is 0 Å². The van der Waals surface area contributed by atoms with Crippen LogP contribution in [0.4, 0.5) is 0 Å². The molecular formula is C24H28N2O2S2. The predicted octanol–water partition coefficient (Wildman–Crippen LogP) is 4.08. The summed E-state index contributed by atoms with van der Waals surface area (Å²) in [5, 5.41) is 2.05. The molecule has 3 aromatic rings. The van der Waals surface area contributed by atoms with Crippen molar-refractivity contribution in [1.82, 2.24) is 9.21 Å². The van der Waals surface area contributed by atoms with E-state index in [1.54, 1.807) is 16.4 Å². The Bertz CT molecular complexity index is 1100. The van der Waals surface area contributed by atoms with Crippen molar-refractivity contribution in [1.29, 1.82) is 0 Å². The lowest BCUT2D eigenvalue weighted by molar-refractivity contribution is 0.258. The summed E-state index contributed by atoms with van der Waals surface area (Å²) in [7, 11) is -1.50. The number of sulfonamides is 1. The van der Waals surface area contributed by atoms with Gasteiger partial charge in [0.25, 0.3) is 0 Å². The average molecular weight is 441 g/mol. The second-order valence-corrected chi connectivity index (χ2v) is 10.7. The van der Waals surface area contributed by atoms with Crippen LogP contribution in [-0.2, 0) is 16.4 Å². The first-order chi connectivity index (χ1) is 14.4. The van der Waals surface area contributed by atoms with Gasteiger partial charge in [-0.2, -0.15) is 16.9 Å². The summed E-state index contributed by atoms with van der Waals surface area (Å²) in [4.78, 5) is 2.59. The number of thiol groups is 1. The van der Waals surface area contributed by atoms with Gasteiger partial charge in [0.05, 0.1) is 4.90 Å². The molecule has 158 valence electrons. The third-order valence-electron chi connectivity index (χ3n) is 5.82. The maximum atomic E-state index is 13.5. The summed E-state index contributed by atoms with van der Waals surface area (Å²) in [5.74, 6) is 0. The Morgan fingerprint density at radius 3 is 2.47 bits per heavy atom. The molecule has 0 unspecified atom stereocenters. The lowest BCUT2D eigenvalue weighted by Gasteiger charge is -2.28. The van der Waals surface area contributed by atoms with Crippen LogP contribution in [-0.4, -0.2) is 55.6 Å². The van der Waals surface area contributed by atoms with E-state index in [0.29, 0.717) is 18.0 Å². The molecule has 0 bridgehead atoms. The number of hydrogen-bond donors (Lipinski definition) is 1. The fourth-order valence-electron chi connectivity index (χ4n) is 4.20. The molecule has 2 atom stereocenters. The number of nitrogens with zero attached hydrogens (tertiary/aromatic N) is 2. The fraction of sp³-hybridized carbons (Fsp3) is 0.333. The number of likely N-dealkylation sites (N-methyl/N-ethyl adjacent to an activating group) is 1. The fourth-order valence-corrected chi connectivity index (χ4v) is 6.44. The largest absolute Gasteiger partial charge is 0.304 e. The molecule has 0 aromatic heterocycles. The zero-order valence-electron chi connectivity index (χ0n) is 17.2. The highest BCUT2D eigenvalue weighted by atomic mass is 32.2. The molecule has 1 heterocycles. The van der Waals surface area contributed by atoms with Crippen molar-refractivity contribution < 1.29 is 8.42 Å². The molecule has 0 saturated carbocycles. The van der Waals surface area contributed by atoms with Gasteiger partial charge in [-0.1, -0.05) is 60.7 Å². The Morgan fingerprint density at radius 1 is 1.00 bits per heavy atom. The van der Waals surface area contributed by atoms with E-state index in [0.717, 1.165) is 30.2 Å². The molecule has 0 amide bonds. The molecule has 4 rings (SSSR count). The van der Waals surface area contributed by atoms with Crippen molar-refractivity contribution in [3.05, 3.63) is 78.4 Å². The van der Waals surface area contributed by atoms with E-state index in [1.807, 2.05) is 36.4 Å². The molecule has 0 aliphatic carbocycles. The highest BCUT2D eigenvalue weighted by Crippen LogP contribution is 2.30. The first-order valence-electron chi connectivity index (χ1n) is 10.3. The molecule has 1 fully saturated rings. The Morgan fingerprint density at radius 2 is 1.70 bits per heavy atom. The highest BCUT2D eigenvalue weighted by molar-refractivity contribution is 7.89. The van der Waals surface area contributed by atoms with Crippen molar-refractivity contribution in [2.24, 2.45) is 0 Å². The van der Waals surface area contributed by atoms with E-state index >= 15 is 0 Å². The molecule has 1 aliphatic heterocycles. The SMILES string of the molecule is CN(CCc1ccccc1)C[C@@H]1C[C@@H](S)CN1S(=O)(=O)c1ccc2ccccc2c1. The van der Waals surface area contributed by atoms with E-state index in [-0.39, 0.29) is 11.3 Å². The van der Waals surface area contributed by atoms with E-state index < -0.39 is 10.0 Å². The molecule has 3 aromatic carbocycles. The lowest BCUT2D eigenvalue weighted by Crippen LogP contribution is -2.42. The molecule has 6 heteroatoms. The van der Waals surface area contributed by atoms with Gasteiger partial charge in [0.2, 0.25) is 10.0 Å². The van der Waals surface area contributed by atoms with Gasteiger partial charge in [0.1, 0.15) is 0 Å². The van der Waals surface area contributed by atoms with Crippen molar-refractivity contribution in [3.63, 3.8) is 0 Å². The average Bonchev–Trinajstić information content (AvgIpc) is 3.13. The Hall–Kier alpha value is -1.86. The molecule has 1 saturated heterocycles. The van der Waals surface area contributed by atoms with Crippen molar-refractivity contribution in [2.75, 3.05) is 26.7 Å². The van der Waals surface area contributed by atoms with Gasteiger partial charge < -0.3 is 4.90 Å². The zero-order chi connectivity index (χ0) is 21.1. The van der Waals surface area contributed by atoms with Crippen molar-refractivity contribution in [2.45, 2.75) is 29.0 Å². The van der Waals surface area contributed by atoms with Crippen molar-refractivity contribution in [3.8, 4) is 0 Å². The van der Waals surface area contributed by atoms with E-state index in [2.05, 4.69) is 48.8 Å².